The molecule has 1 fully saturated rings. The third-order valence-electron chi connectivity index (χ3n) is 3.24. The summed E-state index contributed by atoms with van der Waals surface area (Å²) in [4.78, 5) is 11.4. The second kappa shape index (κ2) is 7.72. The van der Waals surface area contributed by atoms with Gasteiger partial charge in [0, 0.05) is 6.42 Å². The second-order valence-corrected chi connectivity index (χ2v) is 4.57. The van der Waals surface area contributed by atoms with E-state index in [1.54, 1.807) is 0 Å². The minimum Gasteiger partial charge on any atom is -0.466 e. The van der Waals surface area contributed by atoms with Gasteiger partial charge >= 0.3 is 5.97 Å². The van der Waals surface area contributed by atoms with Gasteiger partial charge in [0.15, 0.2) is 0 Å². The molecule has 1 aliphatic rings. The molecule has 0 radical (unpaired) electrons. The maximum atomic E-state index is 11.4. The Balaban J connectivity index is 2.26. The van der Waals surface area contributed by atoms with Gasteiger partial charge in [0.2, 0.25) is 0 Å². The molecular formula is C13H24O2. The molecule has 0 aromatic carbocycles. The first-order chi connectivity index (χ1) is 7.33. The van der Waals surface area contributed by atoms with Crippen molar-refractivity contribution in [2.75, 3.05) is 6.61 Å². The molecule has 1 rings (SSSR count). The molecule has 0 aromatic heterocycles. The molecule has 0 unspecified atom stereocenters. The number of esters is 1. The normalized spacial score (nSPS) is 20.1. The first-order valence-electron chi connectivity index (χ1n) is 6.48. The molecule has 2 nitrogen and oxygen atoms in total. The van der Waals surface area contributed by atoms with Gasteiger partial charge in [0.1, 0.15) is 0 Å². The van der Waals surface area contributed by atoms with Gasteiger partial charge in [0.05, 0.1) is 6.61 Å². The Morgan fingerprint density at radius 3 is 2.13 bits per heavy atom. The maximum absolute atomic E-state index is 11.4. The van der Waals surface area contributed by atoms with E-state index in [0.717, 1.165) is 0 Å². The summed E-state index contributed by atoms with van der Waals surface area (Å²) in [6, 6.07) is 0. The fourth-order valence-electron chi connectivity index (χ4n) is 2.38. The maximum Gasteiger partial charge on any atom is 0.306 e. The predicted molar refractivity (Wildman–Crippen MR) is 61.7 cm³/mol. The summed E-state index contributed by atoms with van der Waals surface area (Å²) >= 11 is 0. The van der Waals surface area contributed by atoms with Crippen LogP contribution in [-0.4, -0.2) is 12.6 Å². The van der Waals surface area contributed by atoms with E-state index in [1.165, 1.54) is 51.4 Å². The zero-order chi connectivity index (χ0) is 10.9. The van der Waals surface area contributed by atoms with Crippen LogP contribution in [0.5, 0.6) is 0 Å². The lowest BCUT2D eigenvalue weighted by Crippen LogP contribution is -2.11. The van der Waals surface area contributed by atoms with Crippen molar-refractivity contribution >= 4 is 5.97 Å². The Labute approximate surface area is 93.4 Å². The largest absolute Gasteiger partial charge is 0.466 e. The molecule has 15 heavy (non-hydrogen) atoms. The minimum atomic E-state index is 0.00162. The molecule has 1 saturated carbocycles. The highest BCUT2D eigenvalue weighted by atomic mass is 16.5. The molecule has 0 saturated heterocycles. The highest BCUT2D eigenvalue weighted by molar-refractivity contribution is 5.69. The monoisotopic (exact) mass is 212 g/mol. The fraction of sp³-hybridized carbons (Fsp3) is 0.923. The smallest absolute Gasteiger partial charge is 0.306 e. The lowest BCUT2D eigenvalue weighted by molar-refractivity contribution is -0.144. The summed E-state index contributed by atoms with van der Waals surface area (Å²) in [7, 11) is 0. The number of hydrogen-bond donors (Lipinski definition) is 0. The van der Waals surface area contributed by atoms with Crippen LogP contribution in [0.15, 0.2) is 0 Å². The predicted octanol–water partition coefficient (Wildman–Crippen LogP) is 3.69. The van der Waals surface area contributed by atoms with Crippen LogP contribution in [0, 0.1) is 5.92 Å². The molecule has 0 heterocycles. The Kier molecular flexibility index (Phi) is 6.45. The second-order valence-electron chi connectivity index (χ2n) is 4.57. The number of carbonyl (C=O) groups excluding carboxylic acids is 1. The van der Waals surface area contributed by atoms with E-state index in [9.17, 15) is 4.79 Å². The van der Waals surface area contributed by atoms with Gasteiger partial charge in [-0.2, -0.15) is 0 Å². The molecule has 0 amide bonds. The van der Waals surface area contributed by atoms with Crippen molar-refractivity contribution in [3.05, 3.63) is 0 Å². The molecule has 0 N–H and O–H groups in total. The van der Waals surface area contributed by atoms with Gasteiger partial charge in [0.25, 0.3) is 0 Å². The van der Waals surface area contributed by atoms with Gasteiger partial charge in [-0.15, -0.1) is 0 Å². The molecule has 0 atom stereocenters. The fourth-order valence-corrected chi connectivity index (χ4v) is 2.38. The van der Waals surface area contributed by atoms with Crippen LogP contribution < -0.4 is 0 Å². The van der Waals surface area contributed by atoms with Crippen LogP contribution >= 0.6 is 0 Å². The summed E-state index contributed by atoms with van der Waals surface area (Å²) in [5.74, 6) is 0.587. The van der Waals surface area contributed by atoms with Crippen LogP contribution in [-0.2, 0) is 9.53 Å². The van der Waals surface area contributed by atoms with Crippen molar-refractivity contribution in [1.29, 1.82) is 0 Å². The highest BCUT2D eigenvalue weighted by Crippen LogP contribution is 2.24. The Morgan fingerprint density at radius 1 is 1.07 bits per heavy atom. The Morgan fingerprint density at radius 2 is 1.60 bits per heavy atom. The lowest BCUT2D eigenvalue weighted by atomic mass is 9.94. The van der Waals surface area contributed by atoms with Crippen molar-refractivity contribution < 1.29 is 9.53 Å². The van der Waals surface area contributed by atoms with Crippen LogP contribution in [0.2, 0.25) is 0 Å². The van der Waals surface area contributed by atoms with Crippen molar-refractivity contribution in [1.82, 2.24) is 0 Å². The quantitative estimate of drug-likeness (QED) is 0.667. The van der Waals surface area contributed by atoms with E-state index >= 15 is 0 Å². The number of hydrogen-bond acceptors (Lipinski definition) is 2. The van der Waals surface area contributed by atoms with Crippen LogP contribution in [0.1, 0.15) is 64.7 Å². The van der Waals surface area contributed by atoms with E-state index in [4.69, 9.17) is 4.74 Å². The van der Waals surface area contributed by atoms with Gasteiger partial charge in [-0.25, -0.2) is 0 Å². The summed E-state index contributed by atoms with van der Waals surface area (Å²) in [6.07, 6.45) is 11.1. The standard InChI is InChI=1S/C13H24O2/c1-2-15-13(14)11-12-9-7-5-3-4-6-8-10-12/h12H,2-11H2,1H3. The Bertz CT molecular complexity index is 167. The molecule has 0 spiro atoms. The van der Waals surface area contributed by atoms with Crippen LogP contribution in [0.25, 0.3) is 0 Å². The van der Waals surface area contributed by atoms with Gasteiger partial charge in [-0.3, -0.25) is 4.79 Å². The van der Waals surface area contributed by atoms with Crippen LogP contribution in [0.4, 0.5) is 0 Å². The summed E-state index contributed by atoms with van der Waals surface area (Å²) in [5, 5.41) is 0. The first kappa shape index (κ1) is 12.5. The molecule has 1 aliphatic carbocycles. The van der Waals surface area contributed by atoms with E-state index < -0.39 is 0 Å². The average molecular weight is 212 g/mol. The number of rotatable bonds is 3. The van der Waals surface area contributed by atoms with Crippen molar-refractivity contribution in [3.8, 4) is 0 Å². The third kappa shape index (κ3) is 5.81. The minimum absolute atomic E-state index is 0.00162. The SMILES string of the molecule is CCOC(=O)CC1CCCCCCCC1. The number of ether oxygens (including phenoxy) is 1. The third-order valence-corrected chi connectivity index (χ3v) is 3.24. The van der Waals surface area contributed by atoms with Crippen molar-refractivity contribution in [2.45, 2.75) is 64.7 Å². The summed E-state index contributed by atoms with van der Waals surface area (Å²) < 4.78 is 5.01. The van der Waals surface area contributed by atoms with Crippen molar-refractivity contribution in [2.24, 2.45) is 5.92 Å². The average Bonchev–Trinajstić information content (AvgIpc) is 2.32. The van der Waals surface area contributed by atoms with Gasteiger partial charge in [-0.1, -0.05) is 38.5 Å². The zero-order valence-electron chi connectivity index (χ0n) is 9.96. The number of carbonyl (C=O) groups is 1. The highest BCUT2D eigenvalue weighted by Gasteiger charge is 2.15. The topological polar surface area (TPSA) is 26.3 Å². The zero-order valence-corrected chi connectivity index (χ0v) is 9.96. The molecule has 0 aromatic rings. The molecular weight excluding hydrogens is 188 g/mol. The molecule has 0 bridgehead atoms. The van der Waals surface area contributed by atoms with E-state index in [1.807, 2.05) is 6.92 Å². The molecule has 88 valence electrons. The molecule has 2 heteroatoms. The first-order valence-corrected chi connectivity index (χ1v) is 6.48. The summed E-state index contributed by atoms with van der Waals surface area (Å²) in [6.45, 7) is 2.40. The van der Waals surface area contributed by atoms with Gasteiger partial charge < -0.3 is 4.74 Å². The van der Waals surface area contributed by atoms with Crippen molar-refractivity contribution in [3.63, 3.8) is 0 Å². The Hall–Kier alpha value is -0.530. The molecule has 0 aliphatic heterocycles. The van der Waals surface area contributed by atoms with E-state index in [-0.39, 0.29) is 5.97 Å². The van der Waals surface area contributed by atoms with Crippen LogP contribution in [0.3, 0.4) is 0 Å². The summed E-state index contributed by atoms with van der Waals surface area (Å²) in [5.41, 5.74) is 0. The van der Waals surface area contributed by atoms with Gasteiger partial charge in [-0.05, 0) is 25.7 Å². The van der Waals surface area contributed by atoms with E-state index in [2.05, 4.69) is 0 Å². The van der Waals surface area contributed by atoms with E-state index in [0.29, 0.717) is 18.9 Å². The lowest BCUT2D eigenvalue weighted by Gasteiger charge is -2.14.